The lowest BCUT2D eigenvalue weighted by molar-refractivity contribution is -0.274. The Hall–Kier alpha value is -2.31. The highest BCUT2D eigenvalue weighted by Gasteiger charge is 2.31. The molecule has 0 saturated heterocycles. The van der Waals surface area contributed by atoms with Gasteiger partial charge in [0, 0.05) is 12.1 Å². The molecule has 1 N–H and O–H groups in total. The Bertz CT molecular complexity index is 607. The molecule has 0 bridgehead atoms. The summed E-state index contributed by atoms with van der Waals surface area (Å²) in [4.78, 5) is 0. The summed E-state index contributed by atoms with van der Waals surface area (Å²) in [5.74, 6) is -2.08. The van der Waals surface area contributed by atoms with E-state index < -0.39 is 29.4 Å². The van der Waals surface area contributed by atoms with Crippen LogP contribution in [-0.4, -0.2) is 6.36 Å². The SMILES string of the molecule is Fc1cccc(F)c1NCc1ccccc1OC(F)(F)F. The van der Waals surface area contributed by atoms with E-state index in [0.717, 1.165) is 18.2 Å². The molecule has 2 nitrogen and oxygen atoms in total. The first-order chi connectivity index (χ1) is 9.87. The third kappa shape index (κ3) is 4.08. The van der Waals surface area contributed by atoms with Crippen molar-refractivity contribution >= 4 is 5.69 Å². The number of hydrogen-bond acceptors (Lipinski definition) is 2. The molecule has 2 aromatic rings. The lowest BCUT2D eigenvalue weighted by Crippen LogP contribution is -2.18. The van der Waals surface area contributed by atoms with Crippen LogP contribution in [-0.2, 0) is 6.54 Å². The fourth-order valence-corrected chi connectivity index (χ4v) is 1.72. The lowest BCUT2D eigenvalue weighted by atomic mass is 10.2. The molecule has 2 rings (SSSR count). The van der Waals surface area contributed by atoms with Gasteiger partial charge in [-0.15, -0.1) is 13.2 Å². The molecule has 0 unspecified atom stereocenters. The van der Waals surface area contributed by atoms with Crippen molar-refractivity contribution < 1.29 is 26.7 Å². The van der Waals surface area contributed by atoms with Gasteiger partial charge in [-0.2, -0.15) is 0 Å². The van der Waals surface area contributed by atoms with Crippen LogP contribution in [0.15, 0.2) is 42.5 Å². The van der Waals surface area contributed by atoms with E-state index in [9.17, 15) is 22.0 Å². The van der Waals surface area contributed by atoms with Gasteiger partial charge in [0.1, 0.15) is 23.1 Å². The molecular weight excluding hydrogens is 293 g/mol. The molecule has 112 valence electrons. The average Bonchev–Trinajstić information content (AvgIpc) is 2.38. The Morgan fingerprint density at radius 1 is 0.905 bits per heavy atom. The molecule has 21 heavy (non-hydrogen) atoms. The van der Waals surface area contributed by atoms with E-state index >= 15 is 0 Å². The number of rotatable bonds is 4. The van der Waals surface area contributed by atoms with E-state index in [1.165, 1.54) is 24.3 Å². The zero-order valence-corrected chi connectivity index (χ0v) is 10.5. The summed E-state index contributed by atoms with van der Waals surface area (Å²) in [5, 5.41) is 2.43. The Kier molecular flexibility index (Phi) is 4.30. The van der Waals surface area contributed by atoms with Crippen LogP contribution in [0.1, 0.15) is 5.56 Å². The van der Waals surface area contributed by atoms with Gasteiger partial charge in [0.15, 0.2) is 0 Å². The van der Waals surface area contributed by atoms with E-state index in [4.69, 9.17) is 0 Å². The normalized spacial score (nSPS) is 11.3. The Balaban J connectivity index is 2.17. The fourth-order valence-electron chi connectivity index (χ4n) is 1.72. The molecule has 0 fully saturated rings. The quantitative estimate of drug-likeness (QED) is 0.841. The number of ether oxygens (including phenoxy) is 1. The van der Waals surface area contributed by atoms with Crippen LogP contribution < -0.4 is 10.1 Å². The molecule has 0 saturated carbocycles. The predicted octanol–water partition coefficient (Wildman–Crippen LogP) is 4.48. The molecule has 0 aliphatic rings. The number of alkyl halides is 3. The number of para-hydroxylation sites is 2. The van der Waals surface area contributed by atoms with E-state index in [1.54, 1.807) is 0 Å². The van der Waals surface area contributed by atoms with Gasteiger partial charge in [-0.3, -0.25) is 0 Å². The highest BCUT2D eigenvalue weighted by atomic mass is 19.4. The van der Waals surface area contributed by atoms with Gasteiger partial charge < -0.3 is 10.1 Å². The van der Waals surface area contributed by atoms with Crippen molar-refractivity contribution in [2.75, 3.05) is 5.32 Å². The van der Waals surface area contributed by atoms with Crippen LogP contribution in [0.3, 0.4) is 0 Å². The second-order valence-corrected chi connectivity index (χ2v) is 4.11. The number of benzene rings is 2. The summed E-state index contributed by atoms with van der Waals surface area (Å²) >= 11 is 0. The lowest BCUT2D eigenvalue weighted by Gasteiger charge is -2.14. The Morgan fingerprint density at radius 3 is 2.14 bits per heavy atom. The third-order valence-corrected chi connectivity index (χ3v) is 2.62. The van der Waals surface area contributed by atoms with E-state index in [1.807, 2.05) is 0 Å². The second-order valence-electron chi connectivity index (χ2n) is 4.11. The van der Waals surface area contributed by atoms with Gasteiger partial charge in [-0.05, 0) is 18.2 Å². The first-order valence-electron chi connectivity index (χ1n) is 5.88. The molecular formula is C14H10F5NO. The molecule has 0 aliphatic heterocycles. The van der Waals surface area contributed by atoms with Crippen molar-refractivity contribution in [3.05, 3.63) is 59.7 Å². The van der Waals surface area contributed by atoms with Crippen molar-refractivity contribution in [3.63, 3.8) is 0 Å². The molecule has 0 radical (unpaired) electrons. The summed E-state index contributed by atoms with van der Waals surface area (Å²) in [7, 11) is 0. The molecule has 0 aromatic heterocycles. The van der Waals surface area contributed by atoms with Gasteiger partial charge in [-0.1, -0.05) is 24.3 Å². The maximum Gasteiger partial charge on any atom is 0.573 e. The Morgan fingerprint density at radius 2 is 1.52 bits per heavy atom. The van der Waals surface area contributed by atoms with Crippen molar-refractivity contribution in [2.24, 2.45) is 0 Å². The van der Waals surface area contributed by atoms with Gasteiger partial charge >= 0.3 is 6.36 Å². The van der Waals surface area contributed by atoms with Crippen molar-refractivity contribution in [2.45, 2.75) is 12.9 Å². The van der Waals surface area contributed by atoms with Gasteiger partial charge in [0.05, 0.1) is 0 Å². The van der Waals surface area contributed by atoms with Gasteiger partial charge in [0.25, 0.3) is 0 Å². The maximum absolute atomic E-state index is 13.4. The zero-order valence-electron chi connectivity index (χ0n) is 10.5. The molecule has 7 heteroatoms. The third-order valence-electron chi connectivity index (χ3n) is 2.62. The first-order valence-corrected chi connectivity index (χ1v) is 5.88. The molecule has 2 aromatic carbocycles. The number of anilines is 1. The molecule has 0 aliphatic carbocycles. The molecule has 0 amide bonds. The van der Waals surface area contributed by atoms with Crippen LogP contribution in [0, 0.1) is 11.6 Å². The average molecular weight is 303 g/mol. The minimum Gasteiger partial charge on any atom is -0.405 e. The zero-order chi connectivity index (χ0) is 15.5. The van der Waals surface area contributed by atoms with Crippen LogP contribution in [0.4, 0.5) is 27.6 Å². The molecule has 0 heterocycles. The largest absolute Gasteiger partial charge is 0.573 e. The Labute approximate surface area is 117 Å². The van der Waals surface area contributed by atoms with Gasteiger partial charge in [-0.25, -0.2) is 8.78 Å². The minimum absolute atomic E-state index is 0.123. The van der Waals surface area contributed by atoms with Crippen LogP contribution >= 0.6 is 0 Å². The van der Waals surface area contributed by atoms with Crippen molar-refractivity contribution in [1.29, 1.82) is 0 Å². The number of hydrogen-bond donors (Lipinski definition) is 1. The maximum atomic E-state index is 13.4. The minimum atomic E-state index is -4.83. The van der Waals surface area contributed by atoms with Crippen LogP contribution in [0.2, 0.25) is 0 Å². The number of nitrogens with one attached hydrogen (secondary N) is 1. The van der Waals surface area contributed by atoms with E-state index in [2.05, 4.69) is 10.1 Å². The van der Waals surface area contributed by atoms with Gasteiger partial charge in [0.2, 0.25) is 0 Å². The second kappa shape index (κ2) is 5.99. The number of halogens is 5. The fraction of sp³-hybridized carbons (Fsp3) is 0.143. The van der Waals surface area contributed by atoms with Crippen molar-refractivity contribution in [1.82, 2.24) is 0 Å². The summed E-state index contributed by atoms with van der Waals surface area (Å²) in [6.07, 6.45) is -4.83. The molecule has 0 atom stereocenters. The summed E-state index contributed by atoms with van der Waals surface area (Å²) in [6, 6.07) is 8.64. The predicted molar refractivity (Wildman–Crippen MR) is 66.8 cm³/mol. The monoisotopic (exact) mass is 303 g/mol. The highest BCUT2D eigenvalue weighted by molar-refractivity contribution is 5.47. The standard InChI is InChI=1S/C14H10F5NO/c15-10-5-3-6-11(16)13(10)20-8-9-4-1-2-7-12(9)21-14(17,18)19/h1-7,20H,8H2. The van der Waals surface area contributed by atoms with Crippen LogP contribution in [0.5, 0.6) is 5.75 Å². The van der Waals surface area contributed by atoms with Crippen LogP contribution in [0.25, 0.3) is 0 Å². The van der Waals surface area contributed by atoms with E-state index in [0.29, 0.717) is 0 Å². The summed E-state index contributed by atoms with van der Waals surface area (Å²) in [6.45, 7) is -0.218. The summed E-state index contributed by atoms with van der Waals surface area (Å²) in [5.41, 5.74) is -0.281. The summed E-state index contributed by atoms with van der Waals surface area (Å²) < 4.78 is 67.4. The highest BCUT2D eigenvalue weighted by Crippen LogP contribution is 2.27. The molecule has 0 spiro atoms. The smallest absolute Gasteiger partial charge is 0.405 e. The van der Waals surface area contributed by atoms with Crippen molar-refractivity contribution in [3.8, 4) is 5.75 Å². The van der Waals surface area contributed by atoms with E-state index in [-0.39, 0.29) is 12.1 Å². The first kappa shape index (κ1) is 15.1. The topological polar surface area (TPSA) is 21.3 Å².